The van der Waals surface area contributed by atoms with E-state index >= 15 is 0 Å². The summed E-state index contributed by atoms with van der Waals surface area (Å²) in [5.74, 6) is -1.29. The highest BCUT2D eigenvalue weighted by atomic mass is 35.5. The molecule has 6 nitrogen and oxygen atoms in total. The van der Waals surface area contributed by atoms with Gasteiger partial charge in [0.25, 0.3) is 0 Å². The lowest BCUT2D eigenvalue weighted by Crippen LogP contribution is -2.20. The summed E-state index contributed by atoms with van der Waals surface area (Å²) >= 11 is 5.78. The Morgan fingerprint density at radius 1 is 1.11 bits per heavy atom. The molecular weight excluding hydrogens is 399 g/mol. The maximum absolute atomic E-state index is 12.6. The van der Waals surface area contributed by atoms with Crippen molar-refractivity contribution >= 4 is 35.3 Å². The Kier molecular flexibility index (Phi) is 7.00. The molecule has 28 heavy (non-hydrogen) atoms. The van der Waals surface area contributed by atoms with Crippen LogP contribution in [0.1, 0.15) is 24.0 Å². The molecule has 0 aliphatic rings. The standard InChI is InChI=1S/C18H15ClF3N3O3/c19-13-4-5-15(26)11(8-13)10-23-25-17(28)7-6-16(27)24-14-3-1-2-12(9-14)18(20,21)22/h1-5,8-10,26H,6-7H2,(H,24,27)(H,25,28)/b23-10+. The van der Waals surface area contributed by atoms with E-state index in [0.29, 0.717) is 5.02 Å². The van der Waals surface area contributed by atoms with Crippen LogP contribution in [0.15, 0.2) is 47.6 Å². The van der Waals surface area contributed by atoms with Gasteiger partial charge in [0.05, 0.1) is 11.8 Å². The van der Waals surface area contributed by atoms with Gasteiger partial charge in [-0.15, -0.1) is 0 Å². The van der Waals surface area contributed by atoms with E-state index in [1.807, 2.05) is 0 Å². The molecule has 0 saturated carbocycles. The number of anilines is 1. The second kappa shape index (κ2) is 9.23. The summed E-state index contributed by atoms with van der Waals surface area (Å²) < 4.78 is 37.9. The third kappa shape index (κ3) is 6.58. The number of hydrogen-bond acceptors (Lipinski definition) is 4. The van der Waals surface area contributed by atoms with Crippen molar-refractivity contribution in [1.29, 1.82) is 0 Å². The molecule has 0 heterocycles. The zero-order valence-corrected chi connectivity index (χ0v) is 15.0. The fourth-order valence-electron chi connectivity index (χ4n) is 2.08. The van der Waals surface area contributed by atoms with Crippen molar-refractivity contribution in [2.75, 3.05) is 5.32 Å². The molecule has 0 radical (unpaired) electrons. The molecule has 148 valence electrons. The van der Waals surface area contributed by atoms with Gasteiger partial charge in [0.1, 0.15) is 5.75 Å². The lowest BCUT2D eigenvalue weighted by molar-refractivity contribution is -0.137. The Balaban J connectivity index is 1.82. The molecule has 0 saturated heterocycles. The molecular formula is C18H15ClF3N3O3. The zero-order chi connectivity index (χ0) is 20.7. The third-order valence-corrected chi connectivity index (χ3v) is 3.67. The van der Waals surface area contributed by atoms with Crippen LogP contribution in [0.3, 0.4) is 0 Å². The zero-order valence-electron chi connectivity index (χ0n) is 14.3. The lowest BCUT2D eigenvalue weighted by atomic mass is 10.2. The predicted octanol–water partition coefficient (Wildman–Crippen LogP) is 3.93. The molecule has 0 aliphatic heterocycles. The van der Waals surface area contributed by atoms with Gasteiger partial charge in [0.2, 0.25) is 11.8 Å². The molecule has 2 aromatic rings. The van der Waals surface area contributed by atoms with Gasteiger partial charge in [0.15, 0.2) is 0 Å². The minimum atomic E-state index is -4.52. The first-order valence-corrected chi connectivity index (χ1v) is 8.30. The van der Waals surface area contributed by atoms with Crippen LogP contribution >= 0.6 is 11.6 Å². The summed E-state index contributed by atoms with van der Waals surface area (Å²) in [7, 11) is 0. The number of carbonyl (C=O) groups is 2. The van der Waals surface area contributed by atoms with E-state index in [2.05, 4.69) is 15.8 Å². The van der Waals surface area contributed by atoms with Crippen LogP contribution in [0.5, 0.6) is 5.75 Å². The number of nitrogens with one attached hydrogen (secondary N) is 2. The topological polar surface area (TPSA) is 90.8 Å². The van der Waals surface area contributed by atoms with Crippen molar-refractivity contribution in [3.05, 3.63) is 58.6 Å². The number of carbonyl (C=O) groups excluding carboxylic acids is 2. The van der Waals surface area contributed by atoms with Crippen molar-refractivity contribution in [2.24, 2.45) is 5.10 Å². The quantitative estimate of drug-likeness (QED) is 0.495. The molecule has 0 aliphatic carbocycles. The Labute approximate surface area is 163 Å². The summed E-state index contributed by atoms with van der Waals surface area (Å²) in [6.07, 6.45) is -3.82. The van der Waals surface area contributed by atoms with E-state index in [4.69, 9.17) is 11.6 Å². The Hall–Kier alpha value is -3.07. The van der Waals surface area contributed by atoms with Crippen LogP contribution in [-0.2, 0) is 15.8 Å². The first-order valence-electron chi connectivity index (χ1n) is 7.92. The van der Waals surface area contributed by atoms with Gasteiger partial charge in [-0.2, -0.15) is 18.3 Å². The predicted molar refractivity (Wildman–Crippen MR) is 98.2 cm³/mol. The smallest absolute Gasteiger partial charge is 0.416 e. The van der Waals surface area contributed by atoms with Gasteiger partial charge in [-0.3, -0.25) is 9.59 Å². The number of phenolic OH excluding ortho intramolecular Hbond substituents is 1. The van der Waals surface area contributed by atoms with E-state index < -0.39 is 23.6 Å². The number of halogens is 4. The summed E-state index contributed by atoms with van der Waals surface area (Å²) in [5.41, 5.74) is 1.55. The molecule has 0 aromatic heterocycles. The summed E-state index contributed by atoms with van der Waals surface area (Å²) in [5, 5.41) is 15.9. The van der Waals surface area contributed by atoms with Gasteiger partial charge in [-0.05, 0) is 36.4 Å². The SMILES string of the molecule is O=C(CCC(=O)Nc1cccc(C(F)(F)F)c1)N/N=C/c1cc(Cl)ccc1O. The fraction of sp³-hybridized carbons (Fsp3) is 0.167. The normalized spacial score (nSPS) is 11.4. The average molecular weight is 414 g/mol. The molecule has 0 bridgehead atoms. The second-order valence-corrected chi connectivity index (χ2v) is 6.06. The number of hydrogen-bond donors (Lipinski definition) is 3. The third-order valence-electron chi connectivity index (χ3n) is 3.44. The van der Waals surface area contributed by atoms with Crippen LogP contribution in [0, 0.1) is 0 Å². The van der Waals surface area contributed by atoms with Crippen LogP contribution in [0.25, 0.3) is 0 Å². The molecule has 0 fully saturated rings. The molecule has 3 N–H and O–H groups in total. The highest BCUT2D eigenvalue weighted by Crippen LogP contribution is 2.30. The maximum Gasteiger partial charge on any atom is 0.416 e. The number of phenols is 1. The van der Waals surface area contributed by atoms with Gasteiger partial charge in [0, 0.05) is 29.1 Å². The van der Waals surface area contributed by atoms with Gasteiger partial charge < -0.3 is 10.4 Å². The second-order valence-electron chi connectivity index (χ2n) is 5.62. The largest absolute Gasteiger partial charge is 0.507 e. The lowest BCUT2D eigenvalue weighted by Gasteiger charge is -2.09. The van der Waals surface area contributed by atoms with Gasteiger partial charge >= 0.3 is 6.18 Å². The number of aromatic hydroxyl groups is 1. The number of nitrogens with zero attached hydrogens (tertiary/aromatic N) is 1. The van der Waals surface area contributed by atoms with Crippen LogP contribution in [-0.4, -0.2) is 23.1 Å². The number of hydrazone groups is 1. The van der Waals surface area contributed by atoms with Crippen molar-refractivity contribution in [3.63, 3.8) is 0 Å². The summed E-state index contributed by atoms with van der Waals surface area (Å²) in [6.45, 7) is 0. The highest BCUT2D eigenvalue weighted by Gasteiger charge is 2.30. The van der Waals surface area contributed by atoms with Crippen molar-refractivity contribution in [1.82, 2.24) is 5.43 Å². The van der Waals surface area contributed by atoms with E-state index in [0.717, 1.165) is 12.1 Å². The number of rotatable bonds is 6. The molecule has 0 atom stereocenters. The maximum atomic E-state index is 12.6. The van der Waals surface area contributed by atoms with E-state index in [-0.39, 0.29) is 29.8 Å². The van der Waals surface area contributed by atoms with Gasteiger partial charge in [-0.1, -0.05) is 17.7 Å². The molecule has 0 spiro atoms. The van der Waals surface area contributed by atoms with E-state index in [1.54, 1.807) is 0 Å². The van der Waals surface area contributed by atoms with E-state index in [9.17, 15) is 27.9 Å². The first kappa shape index (κ1) is 21.2. The summed E-state index contributed by atoms with van der Waals surface area (Å²) in [4.78, 5) is 23.5. The Morgan fingerprint density at radius 2 is 1.82 bits per heavy atom. The van der Waals surface area contributed by atoms with Crippen molar-refractivity contribution < 1.29 is 27.9 Å². The molecule has 2 aromatic carbocycles. The molecule has 10 heteroatoms. The van der Waals surface area contributed by atoms with E-state index in [1.165, 1.54) is 36.5 Å². The van der Waals surface area contributed by atoms with Crippen LogP contribution < -0.4 is 10.7 Å². The van der Waals surface area contributed by atoms with Crippen molar-refractivity contribution in [2.45, 2.75) is 19.0 Å². The number of benzene rings is 2. The highest BCUT2D eigenvalue weighted by molar-refractivity contribution is 6.30. The number of amides is 2. The van der Waals surface area contributed by atoms with Gasteiger partial charge in [-0.25, -0.2) is 5.43 Å². The first-order chi connectivity index (χ1) is 13.1. The van der Waals surface area contributed by atoms with Crippen molar-refractivity contribution in [3.8, 4) is 5.75 Å². The van der Waals surface area contributed by atoms with Crippen LogP contribution in [0.2, 0.25) is 5.02 Å². The van der Waals surface area contributed by atoms with Crippen LogP contribution in [0.4, 0.5) is 18.9 Å². The Bertz CT molecular complexity index is 901. The molecule has 2 amide bonds. The fourth-order valence-corrected chi connectivity index (χ4v) is 2.26. The molecule has 2 rings (SSSR count). The minimum Gasteiger partial charge on any atom is -0.507 e. The molecule has 0 unspecified atom stereocenters. The summed E-state index contributed by atoms with van der Waals surface area (Å²) in [6, 6.07) is 8.47. The number of alkyl halides is 3. The monoisotopic (exact) mass is 413 g/mol. The Morgan fingerprint density at radius 3 is 2.54 bits per heavy atom. The minimum absolute atomic E-state index is 0.0188. The average Bonchev–Trinajstić information content (AvgIpc) is 2.62.